The largest absolute Gasteiger partial charge is 0.392 e. The fourth-order valence-corrected chi connectivity index (χ4v) is 1.88. The molecule has 0 bridgehead atoms. The first-order valence-corrected chi connectivity index (χ1v) is 5.35. The Kier molecular flexibility index (Phi) is 4.58. The van der Waals surface area contributed by atoms with Gasteiger partial charge in [0.15, 0.2) is 0 Å². The molecule has 1 rings (SSSR count). The van der Waals surface area contributed by atoms with Crippen LogP contribution in [0.1, 0.15) is 13.3 Å². The van der Waals surface area contributed by atoms with Crippen molar-refractivity contribution in [2.24, 2.45) is 5.92 Å². The van der Waals surface area contributed by atoms with E-state index >= 15 is 0 Å². The van der Waals surface area contributed by atoms with Crippen LogP contribution >= 0.6 is 0 Å². The molecule has 82 valence electrons. The van der Waals surface area contributed by atoms with E-state index in [4.69, 9.17) is 0 Å². The number of β-amino-alcohol motifs (C(OH)–C–C–N with tert-alkyl or cyclic N) is 1. The van der Waals surface area contributed by atoms with E-state index < -0.39 is 0 Å². The summed E-state index contributed by atoms with van der Waals surface area (Å²) in [4.78, 5) is 2.28. The van der Waals surface area contributed by atoms with Crippen LogP contribution in [-0.2, 0) is 0 Å². The van der Waals surface area contributed by atoms with Crippen LogP contribution in [0.4, 0.5) is 0 Å². The number of nitrogens with zero attached hydrogens (tertiary/aromatic N) is 1. The molecule has 1 aliphatic rings. The molecule has 3 heteroatoms. The SMILES string of the molecule is C=C(CNC)CN1CCC(C)C(O)C1. The summed E-state index contributed by atoms with van der Waals surface area (Å²) < 4.78 is 0. The summed E-state index contributed by atoms with van der Waals surface area (Å²) in [7, 11) is 1.93. The van der Waals surface area contributed by atoms with Gasteiger partial charge in [-0.2, -0.15) is 0 Å². The van der Waals surface area contributed by atoms with Crippen molar-refractivity contribution < 1.29 is 5.11 Å². The number of likely N-dealkylation sites (N-methyl/N-ethyl adjacent to an activating group) is 1. The van der Waals surface area contributed by atoms with Crippen molar-refractivity contribution in [2.45, 2.75) is 19.4 Å². The number of likely N-dealkylation sites (tertiary alicyclic amines) is 1. The highest BCUT2D eigenvalue weighted by atomic mass is 16.3. The molecule has 0 aliphatic carbocycles. The molecule has 3 nitrogen and oxygen atoms in total. The number of aliphatic hydroxyl groups is 1. The molecule has 0 aromatic rings. The van der Waals surface area contributed by atoms with E-state index in [-0.39, 0.29) is 6.10 Å². The summed E-state index contributed by atoms with van der Waals surface area (Å²) >= 11 is 0. The van der Waals surface area contributed by atoms with E-state index in [0.717, 1.165) is 32.6 Å². The maximum atomic E-state index is 9.70. The summed E-state index contributed by atoms with van der Waals surface area (Å²) in [5.41, 5.74) is 1.19. The van der Waals surface area contributed by atoms with Crippen LogP contribution in [0.25, 0.3) is 0 Å². The van der Waals surface area contributed by atoms with Crippen LogP contribution in [0.3, 0.4) is 0 Å². The van der Waals surface area contributed by atoms with Gasteiger partial charge in [0.05, 0.1) is 6.10 Å². The lowest BCUT2D eigenvalue weighted by molar-refractivity contribution is 0.0331. The molecule has 0 aromatic heterocycles. The second-order valence-electron chi connectivity index (χ2n) is 4.35. The maximum Gasteiger partial charge on any atom is 0.0693 e. The molecule has 0 saturated carbocycles. The van der Waals surface area contributed by atoms with Gasteiger partial charge in [0.2, 0.25) is 0 Å². The first kappa shape index (κ1) is 11.7. The number of piperidine rings is 1. The van der Waals surface area contributed by atoms with Gasteiger partial charge in [-0.15, -0.1) is 0 Å². The molecule has 1 fully saturated rings. The van der Waals surface area contributed by atoms with Crippen molar-refractivity contribution in [1.82, 2.24) is 10.2 Å². The van der Waals surface area contributed by atoms with Gasteiger partial charge in [-0.05, 0) is 31.5 Å². The molecule has 1 aliphatic heterocycles. The third-order valence-electron chi connectivity index (χ3n) is 2.88. The van der Waals surface area contributed by atoms with E-state index in [1.54, 1.807) is 0 Å². The monoisotopic (exact) mass is 198 g/mol. The van der Waals surface area contributed by atoms with Gasteiger partial charge in [0, 0.05) is 19.6 Å². The number of aliphatic hydroxyl groups excluding tert-OH is 1. The van der Waals surface area contributed by atoms with E-state index in [1.807, 2.05) is 7.05 Å². The molecule has 1 saturated heterocycles. The zero-order chi connectivity index (χ0) is 10.6. The Balaban J connectivity index is 2.29. The normalized spacial score (nSPS) is 29.1. The number of nitrogens with one attached hydrogen (secondary N) is 1. The highest BCUT2D eigenvalue weighted by Gasteiger charge is 2.23. The van der Waals surface area contributed by atoms with Crippen LogP contribution in [-0.4, -0.2) is 49.3 Å². The molecule has 2 N–H and O–H groups in total. The number of hydrogen-bond donors (Lipinski definition) is 2. The summed E-state index contributed by atoms with van der Waals surface area (Å²) in [5.74, 6) is 0.448. The smallest absolute Gasteiger partial charge is 0.0693 e. The Labute approximate surface area is 86.8 Å². The zero-order valence-electron chi connectivity index (χ0n) is 9.29. The van der Waals surface area contributed by atoms with E-state index in [1.165, 1.54) is 5.57 Å². The van der Waals surface area contributed by atoms with Crippen molar-refractivity contribution in [1.29, 1.82) is 0 Å². The quantitative estimate of drug-likeness (QED) is 0.644. The second kappa shape index (κ2) is 5.49. The third-order valence-corrected chi connectivity index (χ3v) is 2.88. The van der Waals surface area contributed by atoms with E-state index in [9.17, 15) is 5.11 Å². The molecular formula is C11H22N2O. The van der Waals surface area contributed by atoms with Crippen LogP contribution in [0.5, 0.6) is 0 Å². The van der Waals surface area contributed by atoms with E-state index in [2.05, 4.69) is 23.7 Å². The maximum absolute atomic E-state index is 9.70. The lowest BCUT2D eigenvalue weighted by Crippen LogP contribution is -2.43. The second-order valence-corrected chi connectivity index (χ2v) is 4.35. The topological polar surface area (TPSA) is 35.5 Å². The highest BCUT2D eigenvalue weighted by Crippen LogP contribution is 2.17. The lowest BCUT2D eigenvalue weighted by atomic mass is 9.96. The Morgan fingerprint density at radius 3 is 2.93 bits per heavy atom. The predicted octanol–water partition coefficient (Wildman–Crippen LogP) is 0.465. The number of hydrogen-bond acceptors (Lipinski definition) is 3. The average molecular weight is 198 g/mol. The Bertz CT molecular complexity index is 194. The van der Waals surface area contributed by atoms with E-state index in [0.29, 0.717) is 5.92 Å². The molecule has 0 spiro atoms. The molecule has 14 heavy (non-hydrogen) atoms. The zero-order valence-corrected chi connectivity index (χ0v) is 9.29. The average Bonchev–Trinajstić information content (AvgIpc) is 2.12. The van der Waals surface area contributed by atoms with Gasteiger partial charge in [-0.1, -0.05) is 13.5 Å². The third kappa shape index (κ3) is 3.40. The summed E-state index contributed by atoms with van der Waals surface area (Å²) in [6.45, 7) is 9.76. The van der Waals surface area contributed by atoms with Gasteiger partial charge in [-0.25, -0.2) is 0 Å². The first-order valence-electron chi connectivity index (χ1n) is 5.35. The minimum Gasteiger partial charge on any atom is -0.392 e. The molecule has 0 radical (unpaired) electrons. The van der Waals surface area contributed by atoms with Crippen LogP contribution in [0.15, 0.2) is 12.2 Å². The van der Waals surface area contributed by atoms with Gasteiger partial charge in [0.1, 0.15) is 0 Å². The highest BCUT2D eigenvalue weighted by molar-refractivity contribution is 5.00. The lowest BCUT2D eigenvalue weighted by Gasteiger charge is -2.34. The van der Waals surface area contributed by atoms with Crippen LogP contribution in [0, 0.1) is 5.92 Å². The fraction of sp³-hybridized carbons (Fsp3) is 0.818. The summed E-state index contributed by atoms with van der Waals surface area (Å²) in [5, 5.41) is 12.8. The molecule has 0 aromatic carbocycles. The van der Waals surface area contributed by atoms with Crippen LogP contribution < -0.4 is 5.32 Å². The standard InChI is InChI=1S/C11H22N2O/c1-9(6-12-3)7-13-5-4-10(2)11(14)8-13/h10-12,14H,1,4-8H2,2-3H3. The van der Waals surface area contributed by atoms with Gasteiger partial charge in [-0.3, -0.25) is 4.90 Å². The fourth-order valence-electron chi connectivity index (χ4n) is 1.88. The van der Waals surface area contributed by atoms with Crippen molar-refractivity contribution in [2.75, 3.05) is 33.2 Å². The Hall–Kier alpha value is -0.380. The molecule has 2 unspecified atom stereocenters. The Morgan fingerprint density at radius 1 is 1.64 bits per heavy atom. The van der Waals surface area contributed by atoms with Gasteiger partial charge >= 0.3 is 0 Å². The van der Waals surface area contributed by atoms with Crippen LogP contribution in [0.2, 0.25) is 0 Å². The molecular weight excluding hydrogens is 176 g/mol. The van der Waals surface area contributed by atoms with Gasteiger partial charge < -0.3 is 10.4 Å². The summed E-state index contributed by atoms with van der Waals surface area (Å²) in [6, 6.07) is 0. The van der Waals surface area contributed by atoms with Crippen molar-refractivity contribution in [3.05, 3.63) is 12.2 Å². The van der Waals surface area contributed by atoms with Gasteiger partial charge in [0.25, 0.3) is 0 Å². The minimum absolute atomic E-state index is 0.161. The predicted molar refractivity (Wildman–Crippen MR) is 59.3 cm³/mol. The molecule has 0 amide bonds. The van der Waals surface area contributed by atoms with Crippen molar-refractivity contribution in [3.8, 4) is 0 Å². The molecule has 1 heterocycles. The minimum atomic E-state index is -0.161. The van der Waals surface area contributed by atoms with Crippen molar-refractivity contribution in [3.63, 3.8) is 0 Å². The number of rotatable bonds is 4. The Morgan fingerprint density at radius 2 is 2.36 bits per heavy atom. The van der Waals surface area contributed by atoms with Crippen molar-refractivity contribution >= 4 is 0 Å². The summed E-state index contributed by atoms with van der Waals surface area (Å²) in [6.07, 6.45) is 0.930. The molecule has 2 atom stereocenters. The first-order chi connectivity index (χ1) is 6.63.